The Labute approximate surface area is 137 Å². The van der Waals surface area contributed by atoms with Crippen molar-refractivity contribution in [1.29, 1.82) is 0 Å². The molecular formula is C15H37N3O3Si. The Bertz CT molecular complexity index is 260. The minimum Gasteiger partial charge on any atom is -0.396 e. The summed E-state index contributed by atoms with van der Waals surface area (Å²) in [6.07, 6.45) is 5.70. The van der Waals surface area contributed by atoms with Crippen molar-refractivity contribution in [2.24, 2.45) is 11.5 Å². The highest BCUT2D eigenvalue weighted by molar-refractivity contribution is 6.70. The van der Waals surface area contributed by atoms with E-state index in [0.717, 1.165) is 38.4 Å². The zero-order valence-electron chi connectivity index (χ0n) is 15.0. The number of methoxy groups -OCH3 is 1. The first kappa shape index (κ1) is 22.0. The Morgan fingerprint density at radius 1 is 1.05 bits per heavy atom. The Kier molecular flexibility index (Phi) is 12.4. The van der Waals surface area contributed by atoms with E-state index in [-0.39, 0.29) is 5.22 Å². The molecule has 1 unspecified atom stereocenters. The molecule has 1 aliphatic rings. The van der Waals surface area contributed by atoms with E-state index < -0.39 is 8.56 Å². The average molecular weight is 336 g/mol. The number of rotatable bonds is 9. The topological polar surface area (TPSA) is 91.8 Å². The summed E-state index contributed by atoms with van der Waals surface area (Å²) in [7, 11) is 3.22. The SMILES string of the molecule is CCCC1(OC)CCCC[Si]1(OC)OC.NCCNCCN. The zero-order valence-corrected chi connectivity index (χ0v) is 16.0. The standard InChI is InChI=1S/C11H24O3Si.C4H13N3/c1-5-8-11(12-2)9-6-7-10-15(11,13-3)14-4;5-1-3-7-4-2-6/h5-10H2,1-4H3;7H,1-6H2. The number of nitrogens with one attached hydrogen (secondary N) is 1. The second kappa shape index (κ2) is 12.4. The van der Waals surface area contributed by atoms with Crippen molar-refractivity contribution < 1.29 is 13.6 Å². The van der Waals surface area contributed by atoms with E-state index in [2.05, 4.69) is 12.2 Å². The molecule has 134 valence electrons. The predicted molar refractivity (Wildman–Crippen MR) is 94.1 cm³/mol. The van der Waals surface area contributed by atoms with Gasteiger partial charge >= 0.3 is 8.56 Å². The summed E-state index contributed by atoms with van der Waals surface area (Å²) in [5.41, 5.74) is 10.3. The fraction of sp³-hybridized carbons (Fsp3) is 1.00. The Balaban J connectivity index is 0.000000534. The van der Waals surface area contributed by atoms with Gasteiger partial charge in [0, 0.05) is 47.5 Å². The van der Waals surface area contributed by atoms with Crippen LogP contribution in [0.1, 0.15) is 39.0 Å². The second-order valence-electron chi connectivity index (χ2n) is 5.64. The maximum absolute atomic E-state index is 5.83. The van der Waals surface area contributed by atoms with Crippen LogP contribution in [-0.4, -0.2) is 61.3 Å². The number of hydrogen-bond donors (Lipinski definition) is 3. The molecule has 0 aromatic carbocycles. The van der Waals surface area contributed by atoms with Crippen LogP contribution in [0.5, 0.6) is 0 Å². The third-order valence-electron chi connectivity index (χ3n) is 4.38. The van der Waals surface area contributed by atoms with Crippen molar-refractivity contribution in [2.75, 3.05) is 47.5 Å². The van der Waals surface area contributed by atoms with Crippen LogP contribution < -0.4 is 16.8 Å². The van der Waals surface area contributed by atoms with Gasteiger partial charge in [-0.1, -0.05) is 26.2 Å². The highest BCUT2D eigenvalue weighted by atomic mass is 28.4. The molecule has 1 atom stereocenters. The van der Waals surface area contributed by atoms with E-state index in [4.69, 9.17) is 25.1 Å². The van der Waals surface area contributed by atoms with Crippen LogP contribution in [0, 0.1) is 0 Å². The molecule has 6 nitrogen and oxygen atoms in total. The minimum atomic E-state index is -2.15. The third-order valence-corrected chi connectivity index (χ3v) is 8.80. The highest BCUT2D eigenvalue weighted by Gasteiger charge is 2.58. The van der Waals surface area contributed by atoms with Gasteiger partial charge in [-0.05, 0) is 18.9 Å². The Morgan fingerprint density at radius 3 is 2.05 bits per heavy atom. The Morgan fingerprint density at radius 2 is 1.64 bits per heavy atom. The van der Waals surface area contributed by atoms with Crippen molar-refractivity contribution >= 4 is 8.56 Å². The first-order valence-electron chi connectivity index (χ1n) is 8.38. The lowest BCUT2D eigenvalue weighted by molar-refractivity contribution is -0.0149. The van der Waals surface area contributed by atoms with Crippen LogP contribution in [0.3, 0.4) is 0 Å². The van der Waals surface area contributed by atoms with Gasteiger partial charge in [0.25, 0.3) is 0 Å². The van der Waals surface area contributed by atoms with Gasteiger partial charge in [0.1, 0.15) is 5.22 Å². The molecule has 0 aromatic rings. The molecule has 7 heteroatoms. The molecule has 1 fully saturated rings. The van der Waals surface area contributed by atoms with Gasteiger partial charge in [-0.2, -0.15) is 0 Å². The van der Waals surface area contributed by atoms with E-state index in [0.29, 0.717) is 13.1 Å². The van der Waals surface area contributed by atoms with Gasteiger partial charge < -0.3 is 30.4 Å². The van der Waals surface area contributed by atoms with Gasteiger partial charge in [0.2, 0.25) is 0 Å². The third kappa shape index (κ3) is 5.88. The van der Waals surface area contributed by atoms with Gasteiger partial charge in [0.15, 0.2) is 0 Å². The number of hydrogen-bond acceptors (Lipinski definition) is 6. The molecule has 0 aliphatic carbocycles. The summed E-state index contributed by atoms with van der Waals surface area (Å²) in [6, 6.07) is 1.06. The van der Waals surface area contributed by atoms with Gasteiger partial charge in [-0.15, -0.1) is 0 Å². The lowest BCUT2D eigenvalue weighted by atomic mass is 10.1. The predicted octanol–water partition coefficient (Wildman–Crippen LogP) is 1.12. The van der Waals surface area contributed by atoms with Crippen molar-refractivity contribution in [3.05, 3.63) is 0 Å². The maximum atomic E-state index is 5.83. The van der Waals surface area contributed by atoms with Gasteiger partial charge in [-0.3, -0.25) is 0 Å². The fourth-order valence-corrected chi connectivity index (χ4v) is 7.24. The largest absolute Gasteiger partial charge is 0.396 e. The Hall–Kier alpha value is -0.0231. The van der Waals surface area contributed by atoms with Gasteiger partial charge in [0.05, 0.1) is 0 Å². The van der Waals surface area contributed by atoms with Crippen molar-refractivity contribution in [1.82, 2.24) is 5.32 Å². The van der Waals surface area contributed by atoms with Crippen LogP contribution in [0.4, 0.5) is 0 Å². The molecule has 0 amide bonds. The summed E-state index contributed by atoms with van der Waals surface area (Å²) >= 11 is 0. The zero-order chi connectivity index (χ0) is 16.9. The van der Waals surface area contributed by atoms with Crippen LogP contribution >= 0.6 is 0 Å². The first-order valence-corrected chi connectivity index (χ1v) is 10.4. The van der Waals surface area contributed by atoms with E-state index in [1.165, 1.54) is 12.8 Å². The van der Waals surface area contributed by atoms with Crippen LogP contribution in [0.15, 0.2) is 0 Å². The molecule has 0 bridgehead atoms. The molecule has 0 aromatic heterocycles. The summed E-state index contributed by atoms with van der Waals surface area (Å²) in [4.78, 5) is 0. The van der Waals surface area contributed by atoms with E-state index in [1.54, 1.807) is 21.3 Å². The van der Waals surface area contributed by atoms with Crippen molar-refractivity contribution in [2.45, 2.75) is 50.3 Å². The average Bonchev–Trinajstić information content (AvgIpc) is 2.56. The quantitative estimate of drug-likeness (QED) is 0.432. The molecule has 22 heavy (non-hydrogen) atoms. The van der Waals surface area contributed by atoms with Crippen LogP contribution in [-0.2, 0) is 13.6 Å². The van der Waals surface area contributed by atoms with Crippen LogP contribution in [0.25, 0.3) is 0 Å². The monoisotopic (exact) mass is 335 g/mol. The minimum absolute atomic E-state index is 0.122. The van der Waals surface area contributed by atoms with E-state index in [9.17, 15) is 0 Å². The lowest BCUT2D eigenvalue weighted by Crippen LogP contribution is -2.64. The summed E-state index contributed by atoms with van der Waals surface area (Å²) < 4.78 is 17.4. The molecule has 1 saturated heterocycles. The fourth-order valence-electron chi connectivity index (χ4n) is 3.25. The molecule has 1 rings (SSSR count). The summed E-state index contributed by atoms with van der Waals surface area (Å²) in [6.45, 7) is 5.33. The molecule has 1 aliphatic heterocycles. The normalized spacial score (nSPS) is 23.7. The second-order valence-corrected chi connectivity index (χ2v) is 9.38. The molecule has 0 spiro atoms. The van der Waals surface area contributed by atoms with E-state index in [1.807, 2.05) is 0 Å². The van der Waals surface area contributed by atoms with Crippen LogP contribution in [0.2, 0.25) is 6.04 Å². The molecule has 0 radical (unpaired) electrons. The molecule has 0 saturated carbocycles. The summed E-state index contributed by atoms with van der Waals surface area (Å²) in [5, 5.41) is 2.91. The smallest absolute Gasteiger partial charge is 0.370 e. The highest BCUT2D eigenvalue weighted by Crippen LogP contribution is 2.42. The maximum Gasteiger partial charge on any atom is 0.370 e. The first-order chi connectivity index (χ1) is 10.6. The molecule has 5 N–H and O–H groups in total. The molecule has 1 heterocycles. The lowest BCUT2D eigenvalue weighted by Gasteiger charge is -2.47. The summed E-state index contributed by atoms with van der Waals surface area (Å²) in [5.74, 6) is 0. The van der Waals surface area contributed by atoms with Crippen molar-refractivity contribution in [3.8, 4) is 0 Å². The number of nitrogens with two attached hydrogens (primary N) is 2. The van der Waals surface area contributed by atoms with Crippen molar-refractivity contribution in [3.63, 3.8) is 0 Å². The molecular weight excluding hydrogens is 298 g/mol. The van der Waals surface area contributed by atoms with Gasteiger partial charge in [-0.25, -0.2) is 0 Å². The van der Waals surface area contributed by atoms with E-state index >= 15 is 0 Å². The number of ether oxygens (including phenoxy) is 1.